The van der Waals surface area contributed by atoms with Crippen molar-refractivity contribution in [3.05, 3.63) is 39.9 Å². The van der Waals surface area contributed by atoms with Crippen molar-refractivity contribution in [1.29, 1.82) is 0 Å². The van der Waals surface area contributed by atoms with Crippen LogP contribution in [0.2, 0.25) is 5.02 Å². The second-order valence-corrected chi connectivity index (χ2v) is 7.00. The highest BCUT2D eigenvalue weighted by Crippen LogP contribution is 2.19. The Labute approximate surface area is 164 Å². The van der Waals surface area contributed by atoms with Crippen LogP contribution in [0.25, 0.3) is 10.9 Å². The van der Waals surface area contributed by atoms with E-state index < -0.39 is 54.3 Å². The lowest BCUT2D eigenvalue weighted by Crippen LogP contribution is -2.48. The Morgan fingerprint density at radius 3 is 2.57 bits per heavy atom. The number of Topliss-reactive ketones (excluding diaryl/α,β-unsaturated/α-hetero) is 1. The van der Waals surface area contributed by atoms with Gasteiger partial charge in [-0.3, -0.25) is 23.7 Å². The molecule has 2 aromatic rings. The Hall–Kier alpha value is -2.81. The van der Waals surface area contributed by atoms with Crippen molar-refractivity contribution in [2.24, 2.45) is 5.92 Å². The number of ketones is 1. The van der Waals surface area contributed by atoms with Crippen LogP contribution in [0.15, 0.2) is 29.3 Å². The number of nitrogens with zero attached hydrogens (tertiary/aromatic N) is 2. The predicted molar refractivity (Wildman–Crippen MR) is 100 cm³/mol. The number of carbonyl (C=O) groups excluding carboxylic acids is 2. The molecule has 0 aliphatic rings. The van der Waals surface area contributed by atoms with Gasteiger partial charge in [0.2, 0.25) is 5.91 Å². The number of aliphatic carboxylic acids is 1. The lowest BCUT2D eigenvalue weighted by Gasteiger charge is -2.25. The third kappa shape index (κ3) is 4.72. The Balaban J connectivity index is 2.44. The van der Waals surface area contributed by atoms with E-state index in [9.17, 15) is 23.6 Å². The summed E-state index contributed by atoms with van der Waals surface area (Å²) in [6.07, 6.45) is 0.436. The minimum atomic E-state index is -1.53. The molecule has 150 valence electrons. The Bertz CT molecular complexity index is 975. The lowest BCUT2D eigenvalue weighted by molar-refractivity contribution is -0.140. The first-order valence-electron chi connectivity index (χ1n) is 8.43. The third-order valence-electron chi connectivity index (χ3n) is 4.16. The molecule has 0 aliphatic carbocycles. The molecule has 1 heterocycles. The molecule has 1 aromatic carbocycles. The second kappa shape index (κ2) is 8.92. The molecule has 0 radical (unpaired) electrons. The number of carboxylic acid groups (broad SMARTS) is 1. The van der Waals surface area contributed by atoms with Crippen LogP contribution >= 0.6 is 11.6 Å². The van der Waals surface area contributed by atoms with Crippen LogP contribution in [-0.2, 0) is 14.4 Å². The Morgan fingerprint density at radius 2 is 2.00 bits per heavy atom. The van der Waals surface area contributed by atoms with E-state index in [1.54, 1.807) is 26.0 Å². The summed E-state index contributed by atoms with van der Waals surface area (Å²) in [4.78, 5) is 52.3. The van der Waals surface area contributed by atoms with Crippen LogP contribution in [-0.4, -0.2) is 45.0 Å². The van der Waals surface area contributed by atoms with E-state index in [1.165, 1.54) is 12.4 Å². The fraction of sp³-hybridized carbons (Fsp3) is 0.389. The fourth-order valence-electron chi connectivity index (χ4n) is 2.83. The normalized spacial score (nSPS) is 13.3. The number of nitrogens with one attached hydrogen (secondary N) is 1. The van der Waals surface area contributed by atoms with E-state index >= 15 is 0 Å². The molecule has 2 N–H and O–H groups in total. The largest absolute Gasteiger partial charge is 0.481 e. The monoisotopic (exact) mass is 411 g/mol. The number of benzene rings is 1. The van der Waals surface area contributed by atoms with Gasteiger partial charge in [0.15, 0.2) is 5.78 Å². The molecule has 0 saturated carbocycles. The van der Waals surface area contributed by atoms with Crippen LogP contribution in [0.1, 0.15) is 26.3 Å². The van der Waals surface area contributed by atoms with Crippen molar-refractivity contribution in [2.45, 2.75) is 32.4 Å². The number of fused-ring (bicyclic) bond motifs is 1. The zero-order chi connectivity index (χ0) is 21.0. The topological polar surface area (TPSA) is 118 Å². The van der Waals surface area contributed by atoms with Gasteiger partial charge in [-0.2, -0.15) is 0 Å². The van der Waals surface area contributed by atoms with Gasteiger partial charge in [0.25, 0.3) is 5.56 Å². The van der Waals surface area contributed by atoms with Crippen molar-refractivity contribution < 1.29 is 23.9 Å². The number of hydrogen-bond acceptors (Lipinski definition) is 5. The lowest BCUT2D eigenvalue weighted by atomic mass is 10.0. The fourth-order valence-corrected chi connectivity index (χ4v) is 3.00. The van der Waals surface area contributed by atoms with E-state index in [4.69, 9.17) is 16.7 Å². The first kappa shape index (κ1) is 21.5. The quantitative estimate of drug-likeness (QED) is 0.683. The van der Waals surface area contributed by atoms with Crippen LogP contribution in [0.4, 0.5) is 4.39 Å². The van der Waals surface area contributed by atoms with Gasteiger partial charge in [0, 0.05) is 5.02 Å². The summed E-state index contributed by atoms with van der Waals surface area (Å²) in [5.41, 5.74) is -0.127. The average molecular weight is 412 g/mol. The minimum Gasteiger partial charge on any atom is -0.481 e. The maximum atomic E-state index is 12.8. The molecule has 0 spiro atoms. The molecular weight excluding hydrogens is 393 g/mol. The van der Waals surface area contributed by atoms with Crippen molar-refractivity contribution in [1.82, 2.24) is 14.9 Å². The standard InChI is InChI=1S/C18H19ClFN3O5/c1-9(2)16(17(27)22-13(6-15(25)26)14(24)7-20)23-8-21-12-4-3-10(19)5-11(12)18(23)28/h3-5,8-9,13,16H,6-7H2,1-2H3,(H,22,27)(H,25,26)/t13?,16-/m0/s1. The van der Waals surface area contributed by atoms with Gasteiger partial charge in [-0.25, -0.2) is 9.37 Å². The van der Waals surface area contributed by atoms with Gasteiger partial charge in [0.05, 0.1) is 23.7 Å². The molecule has 2 atom stereocenters. The van der Waals surface area contributed by atoms with E-state index in [2.05, 4.69) is 10.3 Å². The highest BCUT2D eigenvalue weighted by Gasteiger charge is 2.31. The van der Waals surface area contributed by atoms with E-state index in [-0.39, 0.29) is 5.39 Å². The number of carbonyl (C=O) groups is 3. The number of carboxylic acids is 1. The van der Waals surface area contributed by atoms with E-state index in [0.717, 1.165) is 4.57 Å². The Kier molecular flexibility index (Phi) is 6.85. The second-order valence-electron chi connectivity index (χ2n) is 6.57. The van der Waals surface area contributed by atoms with Gasteiger partial charge in [0.1, 0.15) is 18.8 Å². The van der Waals surface area contributed by atoms with Gasteiger partial charge in [-0.15, -0.1) is 0 Å². The summed E-state index contributed by atoms with van der Waals surface area (Å²) in [5.74, 6) is -3.63. The number of hydrogen-bond donors (Lipinski definition) is 2. The molecule has 10 heteroatoms. The minimum absolute atomic E-state index is 0.204. The molecule has 0 bridgehead atoms. The van der Waals surface area contributed by atoms with Crippen LogP contribution < -0.4 is 10.9 Å². The number of amides is 1. The highest BCUT2D eigenvalue weighted by molar-refractivity contribution is 6.31. The molecular formula is C18H19ClFN3O5. The molecule has 1 unspecified atom stereocenters. The maximum absolute atomic E-state index is 12.8. The molecule has 1 aromatic heterocycles. The molecule has 1 amide bonds. The van der Waals surface area contributed by atoms with Crippen molar-refractivity contribution in [3.8, 4) is 0 Å². The third-order valence-corrected chi connectivity index (χ3v) is 4.40. The van der Waals surface area contributed by atoms with Crippen LogP contribution in [0.3, 0.4) is 0 Å². The van der Waals surface area contributed by atoms with E-state index in [0.29, 0.717) is 10.5 Å². The maximum Gasteiger partial charge on any atom is 0.305 e. The van der Waals surface area contributed by atoms with Gasteiger partial charge in [-0.05, 0) is 24.1 Å². The smallest absolute Gasteiger partial charge is 0.305 e. The summed E-state index contributed by atoms with van der Waals surface area (Å²) in [6, 6.07) is 1.95. The molecule has 8 nitrogen and oxygen atoms in total. The van der Waals surface area contributed by atoms with Crippen LogP contribution in [0.5, 0.6) is 0 Å². The summed E-state index contributed by atoms with van der Waals surface area (Å²) in [6.45, 7) is 1.92. The summed E-state index contributed by atoms with van der Waals surface area (Å²) in [5, 5.41) is 11.7. The van der Waals surface area contributed by atoms with Crippen LogP contribution in [0, 0.1) is 5.92 Å². The SMILES string of the molecule is CC(C)[C@@H](C(=O)NC(CC(=O)O)C(=O)CF)n1cnc2ccc(Cl)cc2c1=O. The molecule has 0 aliphatic heterocycles. The first-order valence-corrected chi connectivity index (χ1v) is 8.80. The first-order chi connectivity index (χ1) is 13.1. The van der Waals surface area contributed by atoms with Gasteiger partial charge in [-0.1, -0.05) is 25.4 Å². The van der Waals surface area contributed by atoms with Crippen molar-refractivity contribution in [2.75, 3.05) is 6.67 Å². The molecule has 2 rings (SSSR count). The van der Waals surface area contributed by atoms with E-state index in [1.807, 2.05) is 0 Å². The highest BCUT2D eigenvalue weighted by atomic mass is 35.5. The Morgan fingerprint density at radius 1 is 1.32 bits per heavy atom. The predicted octanol–water partition coefficient (Wildman–Crippen LogP) is 1.75. The number of alkyl halides is 1. The molecule has 0 saturated heterocycles. The zero-order valence-electron chi connectivity index (χ0n) is 15.2. The zero-order valence-corrected chi connectivity index (χ0v) is 15.9. The van der Waals surface area contributed by atoms with Gasteiger partial charge >= 0.3 is 5.97 Å². The summed E-state index contributed by atoms with van der Waals surface area (Å²) < 4.78 is 13.8. The van der Waals surface area contributed by atoms with Gasteiger partial charge < -0.3 is 10.4 Å². The number of halogens is 2. The van der Waals surface area contributed by atoms with Crippen molar-refractivity contribution in [3.63, 3.8) is 0 Å². The van der Waals surface area contributed by atoms with Crippen molar-refractivity contribution >= 4 is 40.2 Å². The molecule has 0 fully saturated rings. The number of rotatable bonds is 8. The average Bonchev–Trinajstić information content (AvgIpc) is 2.62. The molecule has 28 heavy (non-hydrogen) atoms. The number of aromatic nitrogens is 2. The summed E-state index contributed by atoms with van der Waals surface area (Å²) >= 11 is 5.93. The summed E-state index contributed by atoms with van der Waals surface area (Å²) in [7, 11) is 0.